The molecule has 0 saturated carbocycles. The zero-order valence-electron chi connectivity index (χ0n) is 15.0. The number of hydrogen-bond donors (Lipinski definition) is 2. The molecule has 6 nitrogen and oxygen atoms in total. The van der Waals surface area contributed by atoms with Crippen LogP contribution in [-0.4, -0.2) is 16.8 Å². The summed E-state index contributed by atoms with van der Waals surface area (Å²) in [5, 5.41) is 6.57. The molecule has 0 fully saturated rings. The molecule has 0 unspecified atom stereocenters. The van der Waals surface area contributed by atoms with Gasteiger partial charge < -0.3 is 20.1 Å². The molecule has 1 aliphatic rings. The van der Waals surface area contributed by atoms with E-state index >= 15 is 0 Å². The third-order valence-electron chi connectivity index (χ3n) is 4.26. The van der Waals surface area contributed by atoms with Gasteiger partial charge in [0, 0.05) is 29.2 Å². The van der Waals surface area contributed by atoms with E-state index in [0.29, 0.717) is 5.95 Å². The van der Waals surface area contributed by atoms with Crippen molar-refractivity contribution in [3.8, 4) is 11.5 Å². The number of benzene rings is 2. The highest BCUT2D eigenvalue weighted by atomic mass is 16.7. The van der Waals surface area contributed by atoms with E-state index in [1.807, 2.05) is 37.3 Å². The van der Waals surface area contributed by atoms with Gasteiger partial charge in [0.25, 0.3) is 0 Å². The van der Waals surface area contributed by atoms with Gasteiger partial charge in [-0.15, -0.1) is 0 Å². The lowest BCUT2D eigenvalue weighted by molar-refractivity contribution is 0.174. The lowest BCUT2D eigenvalue weighted by Gasteiger charge is -2.11. The predicted molar refractivity (Wildman–Crippen MR) is 102 cm³/mol. The van der Waals surface area contributed by atoms with Gasteiger partial charge in [-0.3, -0.25) is 0 Å². The van der Waals surface area contributed by atoms with E-state index in [1.165, 1.54) is 11.1 Å². The molecular formula is C20H20N4O2. The van der Waals surface area contributed by atoms with E-state index in [-0.39, 0.29) is 6.79 Å². The number of aromatic nitrogens is 2. The Labute approximate surface area is 152 Å². The number of rotatable bonds is 4. The van der Waals surface area contributed by atoms with E-state index in [1.54, 1.807) is 0 Å². The monoisotopic (exact) mass is 348 g/mol. The summed E-state index contributed by atoms with van der Waals surface area (Å²) in [6, 6.07) is 13.8. The van der Waals surface area contributed by atoms with E-state index in [0.717, 1.165) is 34.4 Å². The summed E-state index contributed by atoms with van der Waals surface area (Å²) in [4.78, 5) is 9.03. The van der Waals surface area contributed by atoms with Crippen LogP contribution in [0, 0.1) is 20.8 Å². The Balaban J connectivity index is 1.56. The Morgan fingerprint density at radius 2 is 1.54 bits per heavy atom. The summed E-state index contributed by atoms with van der Waals surface area (Å²) in [6.07, 6.45) is 0. The Hall–Kier alpha value is -3.28. The largest absolute Gasteiger partial charge is 0.454 e. The lowest BCUT2D eigenvalue weighted by Crippen LogP contribution is -2.02. The molecule has 26 heavy (non-hydrogen) atoms. The number of anilines is 4. The van der Waals surface area contributed by atoms with E-state index in [2.05, 4.69) is 46.6 Å². The highest BCUT2D eigenvalue weighted by Gasteiger charge is 2.14. The van der Waals surface area contributed by atoms with Crippen molar-refractivity contribution in [3.05, 3.63) is 59.3 Å². The maximum atomic E-state index is 5.41. The first kappa shape index (κ1) is 16.2. The Morgan fingerprint density at radius 3 is 2.38 bits per heavy atom. The Bertz CT molecular complexity index is 972. The summed E-state index contributed by atoms with van der Waals surface area (Å²) < 4.78 is 10.7. The molecule has 132 valence electrons. The van der Waals surface area contributed by atoms with Gasteiger partial charge in [-0.25, -0.2) is 4.98 Å². The van der Waals surface area contributed by atoms with Crippen LogP contribution < -0.4 is 20.1 Å². The molecule has 0 radical (unpaired) electrons. The number of ether oxygens (including phenoxy) is 2. The van der Waals surface area contributed by atoms with E-state index in [4.69, 9.17) is 9.47 Å². The van der Waals surface area contributed by atoms with Gasteiger partial charge in [0.15, 0.2) is 11.5 Å². The standard InChI is InChI=1S/C20H20N4O2/c1-12-4-5-15(8-13(12)2)22-19-9-14(3)21-20(24-19)23-16-6-7-17-18(10-16)26-11-25-17/h4-10H,11H2,1-3H3,(H2,21,22,23,24). The molecule has 0 aliphatic carbocycles. The average Bonchev–Trinajstić information content (AvgIpc) is 3.05. The topological polar surface area (TPSA) is 68.3 Å². The molecule has 2 aromatic carbocycles. The van der Waals surface area contributed by atoms with Crippen LogP contribution in [-0.2, 0) is 0 Å². The molecule has 4 rings (SSSR count). The molecule has 2 heterocycles. The maximum Gasteiger partial charge on any atom is 0.231 e. The van der Waals surface area contributed by atoms with Crippen molar-refractivity contribution in [1.82, 2.24) is 9.97 Å². The number of fused-ring (bicyclic) bond motifs is 1. The van der Waals surface area contributed by atoms with Crippen molar-refractivity contribution in [2.75, 3.05) is 17.4 Å². The molecular weight excluding hydrogens is 328 g/mol. The maximum absolute atomic E-state index is 5.41. The molecule has 0 spiro atoms. The minimum absolute atomic E-state index is 0.254. The molecule has 6 heteroatoms. The quantitative estimate of drug-likeness (QED) is 0.717. The highest BCUT2D eigenvalue weighted by Crippen LogP contribution is 2.34. The van der Waals surface area contributed by atoms with Gasteiger partial charge in [0.05, 0.1) is 0 Å². The summed E-state index contributed by atoms with van der Waals surface area (Å²) in [5.74, 6) is 2.73. The SMILES string of the molecule is Cc1cc(Nc2ccc(C)c(C)c2)nc(Nc2ccc3c(c2)OCO3)n1. The fraction of sp³-hybridized carbons (Fsp3) is 0.200. The smallest absolute Gasteiger partial charge is 0.231 e. The lowest BCUT2D eigenvalue weighted by atomic mass is 10.1. The second-order valence-electron chi connectivity index (χ2n) is 6.34. The van der Waals surface area contributed by atoms with Crippen molar-refractivity contribution in [3.63, 3.8) is 0 Å². The first-order chi connectivity index (χ1) is 12.6. The third kappa shape index (κ3) is 3.39. The zero-order valence-corrected chi connectivity index (χ0v) is 15.0. The van der Waals surface area contributed by atoms with Crippen molar-refractivity contribution in [2.45, 2.75) is 20.8 Å². The summed E-state index contributed by atoms with van der Waals surface area (Å²) in [7, 11) is 0. The number of hydrogen-bond acceptors (Lipinski definition) is 6. The minimum Gasteiger partial charge on any atom is -0.454 e. The van der Waals surface area contributed by atoms with E-state index < -0.39 is 0 Å². The van der Waals surface area contributed by atoms with Gasteiger partial charge in [0.1, 0.15) is 5.82 Å². The van der Waals surface area contributed by atoms with Crippen LogP contribution in [0.3, 0.4) is 0 Å². The van der Waals surface area contributed by atoms with Gasteiger partial charge in [-0.1, -0.05) is 6.07 Å². The highest BCUT2D eigenvalue weighted by molar-refractivity contribution is 5.63. The van der Waals surface area contributed by atoms with Crippen LogP contribution in [0.1, 0.15) is 16.8 Å². The first-order valence-corrected chi connectivity index (χ1v) is 8.43. The van der Waals surface area contributed by atoms with Gasteiger partial charge in [-0.05, 0) is 56.2 Å². The van der Waals surface area contributed by atoms with Crippen molar-refractivity contribution in [2.24, 2.45) is 0 Å². The normalized spacial score (nSPS) is 12.1. The van der Waals surface area contributed by atoms with Gasteiger partial charge in [0.2, 0.25) is 12.7 Å². The fourth-order valence-electron chi connectivity index (χ4n) is 2.76. The second-order valence-corrected chi connectivity index (χ2v) is 6.34. The summed E-state index contributed by atoms with van der Waals surface area (Å²) >= 11 is 0. The first-order valence-electron chi connectivity index (χ1n) is 8.43. The number of aryl methyl sites for hydroxylation is 3. The molecule has 1 aliphatic heterocycles. The van der Waals surface area contributed by atoms with E-state index in [9.17, 15) is 0 Å². The molecule has 0 saturated heterocycles. The third-order valence-corrected chi connectivity index (χ3v) is 4.26. The molecule has 3 aromatic rings. The van der Waals surface area contributed by atoms with Gasteiger partial charge >= 0.3 is 0 Å². The van der Waals surface area contributed by atoms with Crippen molar-refractivity contribution >= 4 is 23.1 Å². The van der Waals surface area contributed by atoms with Crippen molar-refractivity contribution in [1.29, 1.82) is 0 Å². The number of nitrogens with zero attached hydrogens (tertiary/aromatic N) is 2. The molecule has 2 N–H and O–H groups in total. The van der Waals surface area contributed by atoms with Crippen LogP contribution in [0.15, 0.2) is 42.5 Å². The average molecular weight is 348 g/mol. The predicted octanol–water partition coefficient (Wildman–Crippen LogP) is 4.62. The minimum atomic E-state index is 0.254. The molecule has 0 atom stereocenters. The van der Waals surface area contributed by atoms with Crippen LogP contribution in [0.25, 0.3) is 0 Å². The Morgan fingerprint density at radius 1 is 0.769 bits per heavy atom. The number of nitrogens with one attached hydrogen (secondary N) is 2. The molecule has 1 aromatic heterocycles. The van der Waals surface area contributed by atoms with Crippen LogP contribution in [0.2, 0.25) is 0 Å². The summed E-state index contributed by atoms with van der Waals surface area (Å²) in [5.41, 5.74) is 5.21. The van der Waals surface area contributed by atoms with Crippen LogP contribution >= 0.6 is 0 Å². The van der Waals surface area contributed by atoms with Crippen LogP contribution in [0.4, 0.5) is 23.1 Å². The zero-order chi connectivity index (χ0) is 18.1. The Kier molecular flexibility index (Phi) is 4.08. The molecule has 0 bridgehead atoms. The van der Waals surface area contributed by atoms with Crippen molar-refractivity contribution < 1.29 is 9.47 Å². The van der Waals surface area contributed by atoms with Gasteiger partial charge in [-0.2, -0.15) is 4.98 Å². The summed E-state index contributed by atoms with van der Waals surface area (Å²) in [6.45, 7) is 6.39. The second kappa shape index (κ2) is 6.55. The molecule has 0 amide bonds. The fourth-order valence-corrected chi connectivity index (χ4v) is 2.76. The van der Waals surface area contributed by atoms with Crippen LogP contribution in [0.5, 0.6) is 11.5 Å².